The van der Waals surface area contributed by atoms with E-state index >= 15 is 0 Å². The van der Waals surface area contributed by atoms with Gasteiger partial charge in [-0.15, -0.1) is 0 Å². The summed E-state index contributed by atoms with van der Waals surface area (Å²) < 4.78 is 1.47. The van der Waals surface area contributed by atoms with Gasteiger partial charge in [0.25, 0.3) is 0 Å². The van der Waals surface area contributed by atoms with Crippen molar-refractivity contribution >= 4 is 0 Å². The SMILES string of the molecule is [I-].[I-].[Ti+2][C]1=CC=CC1. The average molecular weight is 367 g/mol. The van der Waals surface area contributed by atoms with E-state index < -0.39 is 0 Å². The molecule has 0 N–H and O–H groups in total. The van der Waals surface area contributed by atoms with E-state index in [0.717, 1.165) is 0 Å². The molecule has 0 unspecified atom stereocenters. The summed E-state index contributed by atoms with van der Waals surface area (Å²) in [7, 11) is 0. The van der Waals surface area contributed by atoms with E-state index in [4.69, 9.17) is 0 Å². The molecule has 0 saturated heterocycles. The van der Waals surface area contributed by atoms with Crippen LogP contribution < -0.4 is 48.0 Å². The molecule has 1 aliphatic rings. The Morgan fingerprint density at radius 3 is 2.12 bits per heavy atom. The number of halogens is 2. The van der Waals surface area contributed by atoms with Crippen molar-refractivity contribution in [1.29, 1.82) is 0 Å². The van der Waals surface area contributed by atoms with Crippen LogP contribution in [0.4, 0.5) is 0 Å². The molecule has 0 fully saturated rings. The fraction of sp³-hybridized carbons (Fsp3) is 0.200. The summed E-state index contributed by atoms with van der Waals surface area (Å²) in [6.45, 7) is 0. The van der Waals surface area contributed by atoms with Crippen molar-refractivity contribution in [3.8, 4) is 0 Å². The first-order valence-corrected chi connectivity index (χ1v) is 2.75. The predicted octanol–water partition coefficient (Wildman–Crippen LogP) is -4.61. The molecular weight excluding hydrogens is 362 g/mol. The zero-order valence-electron chi connectivity index (χ0n) is 4.20. The zero-order chi connectivity index (χ0) is 4.41. The summed E-state index contributed by atoms with van der Waals surface area (Å²) in [6, 6.07) is 0. The molecule has 0 saturated carbocycles. The van der Waals surface area contributed by atoms with E-state index in [1.165, 1.54) is 10.3 Å². The van der Waals surface area contributed by atoms with Gasteiger partial charge in [-0.05, 0) is 0 Å². The van der Waals surface area contributed by atoms with E-state index in [0.29, 0.717) is 0 Å². The Hall–Kier alpha value is 1.65. The topological polar surface area (TPSA) is 0 Å². The molecule has 0 aromatic heterocycles. The number of hydrogen-bond donors (Lipinski definition) is 0. The van der Waals surface area contributed by atoms with Gasteiger partial charge in [-0.25, -0.2) is 0 Å². The van der Waals surface area contributed by atoms with Crippen LogP contribution in [0.3, 0.4) is 0 Å². The molecule has 0 nitrogen and oxygen atoms in total. The van der Waals surface area contributed by atoms with Gasteiger partial charge in [-0.3, -0.25) is 0 Å². The molecule has 0 atom stereocenters. The van der Waals surface area contributed by atoms with Gasteiger partial charge >= 0.3 is 49.0 Å². The Bertz CT molecular complexity index is 107. The van der Waals surface area contributed by atoms with Crippen molar-refractivity contribution in [2.24, 2.45) is 0 Å². The predicted molar refractivity (Wildman–Crippen MR) is 21.8 cm³/mol. The molecule has 43 valence electrons. The zero-order valence-corrected chi connectivity index (χ0v) is 10.1. The van der Waals surface area contributed by atoms with Crippen LogP contribution in [-0.2, 0) is 20.4 Å². The van der Waals surface area contributed by atoms with Crippen LogP contribution in [0, 0.1) is 0 Å². The Morgan fingerprint density at radius 1 is 1.38 bits per heavy atom. The van der Waals surface area contributed by atoms with Crippen LogP contribution in [0.25, 0.3) is 0 Å². The van der Waals surface area contributed by atoms with Crippen molar-refractivity contribution in [2.45, 2.75) is 6.42 Å². The first-order chi connectivity index (χ1) is 2.89. The van der Waals surface area contributed by atoms with Gasteiger partial charge in [0.2, 0.25) is 0 Å². The van der Waals surface area contributed by atoms with E-state index in [2.05, 4.69) is 38.7 Å². The Balaban J connectivity index is 0. The van der Waals surface area contributed by atoms with Gasteiger partial charge < -0.3 is 48.0 Å². The second-order valence-electron chi connectivity index (χ2n) is 1.32. The van der Waals surface area contributed by atoms with E-state index in [1.807, 2.05) is 0 Å². The average Bonchev–Trinajstić information content (AvgIpc) is 1.86. The number of allylic oxidation sites excluding steroid dienone is 4. The summed E-state index contributed by atoms with van der Waals surface area (Å²) >= 11 is 2.14. The molecule has 8 heavy (non-hydrogen) atoms. The molecule has 0 aromatic rings. The first kappa shape index (κ1) is 12.3. The van der Waals surface area contributed by atoms with Crippen LogP contribution in [0.5, 0.6) is 0 Å². The Morgan fingerprint density at radius 2 is 2.00 bits per heavy atom. The van der Waals surface area contributed by atoms with Gasteiger partial charge in [-0.1, -0.05) is 0 Å². The summed E-state index contributed by atoms with van der Waals surface area (Å²) in [5, 5.41) is 0. The Kier molecular flexibility index (Phi) is 10.4. The molecule has 1 rings (SSSR count). The van der Waals surface area contributed by atoms with Gasteiger partial charge in [0.15, 0.2) is 0 Å². The number of rotatable bonds is 0. The van der Waals surface area contributed by atoms with Crippen molar-refractivity contribution in [3.63, 3.8) is 0 Å². The maximum absolute atomic E-state index is 2.16. The van der Waals surface area contributed by atoms with Gasteiger partial charge in [0.1, 0.15) is 0 Å². The van der Waals surface area contributed by atoms with E-state index in [-0.39, 0.29) is 48.0 Å². The van der Waals surface area contributed by atoms with Crippen molar-refractivity contribution in [2.75, 3.05) is 0 Å². The Labute approximate surface area is 95.6 Å². The quantitative estimate of drug-likeness (QED) is 0.299. The fourth-order valence-corrected chi connectivity index (χ4v) is 0.782. The van der Waals surface area contributed by atoms with Crippen LogP contribution in [-0.4, -0.2) is 0 Å². The second kappa shape index (κ2) is 6.77. The molecular formula is C5H5I2Ti. The van der Waals surface area contributed by atoms with Gasteiger partial charge in [0.05, 0.1) is 0 Å². The third kappa shape index (κ3) is 4.53. The molecule has 3 heteroatoms. The minimum atomic E-state index is 0. The summed E-state index contributed by atoms with van der Waals surface area (Å²) in [6.07, 6.45) is 7.56. The standard InChI is InChI=1S/C5H5.2HI.Ti/c1-2-4-5-3-1;;;/h1-3H,4H2;2*1H;/q;;;+2/p-2. The molecule has 0 amide bonds. The third-order valence-electron chi connectivity index (χ3n) is 0.771. The maximum atomic E-state index is 2.16. The normalized spacial score (nSPS) is 14.0. The molecule has 0 bridgehead atoms. The van der Waals surface area contributed by atoms with Crippen LogP contribution >= 0.6 is 0 Å². The molecule has 0 heterocycles. The molecule has 0 aliphatic heterocycles. The van der Waals surface area contributed by atoms with Crippen molar-refractivity contribution < 1.29 is 68.4 Å². The summed E-state index contributed by atoms with van der Waals surface area (Å²) in [5.41, 5.74) is 0. The van der Waals surface area contributed by atoms with Crippen LogP contribution in [0.15, 0.2) is 22.1 Å². The number of hydrogen-bond acceptors (Lipinski definition) is 0. The van der Waals surface area contributed by atoms with E-state index in [1.54, 1.807) is 0 Å². The van der Waals surface area contributed by atoms with Crippen molar-refractivity contribution in [1.82, 2.24) is 0 Å². The minimum absolute atomic E-state index is 0. The molecule has 0 radical (unpaired) electrons. The fourth-order valence-electron chi connectivity index (χ4n) is 0.447. The van der Waals surface area contributed by atoms with Gasteiger partial charge in [0, 0.05) is 0 Å². The molecule has 1 aliphatic carbocycles. The van der Waals surface area contributed by atoms with Crippen molar-refractivity contribution in [3.05, 3.63) is 22.1 Å². The first-order valence-electron chi connectivity index (χ1n) is 1.97. The summed E-state index contributed by atoms with van der Waals surface area (Å²) in [5.74, 6) is 0. The van der Waals surface area contributed by atoms with E-state index in [9.17, 15) is 0 Å². The van der Waals surface area contributed by atoms with Crippen LogP contribution in [0.2, 0.25) is 0 Å². The molecule has 0 aromatic carbocycles. The van der Waals surface area contributed by atoms with Crippen LogP contribution in [0.1, 0.15) is 6.42 Å². The second-order valence-corrected chi connectivity index (χ2v) is 2.33. The summed E-state index contributed by atoms with van der Waals surface area (Å²) in [4.78, 5) is 0. The third-order valence-corrected chi connectivity index (χ3v) is 1.35. The molecule has 0 spiro atoms. The van der Waals surface area contributed by atoms with Gasteiger partial charge in [-0.2, -0.15) is 0 Å². The monoisotopic (exact) mass is 367 g/mol.